The van der Waals surface area contributed by atoms with Crippen molar-refractivity contribution in [2.45, 2.75) is 41.5 Å². The summed E-state index contributed by atoms with van der Waals surface area (Å²) in [4.78, 5) is 14.1. The van der Waals surface area contributed by atoms with E-state index in [1.807, 2.05) is 6.26 Å². The molecule has 2 aromatic carbocycles. The number of benzene rings is 2. The van der Waals surface area contributed by atoms with Gasteiger partial charge in [0, 0.05) is 23.0 Å². The first-order valence-electron chi connectivity index (χ1n) is 9.60. The standard InChI is InChI=1S/C21H25ClN2O3S2/c1-28-18-9-5-16(6-10-18)13-14-23-21(25)20-4-2-3-15-24(20)29(26,27)19-11-7-17(22)8-12-19/h5-12,20H,2-4,13-15H2,1H3,(H,23,25). The van der Waals surface area contributed by atoms with Gasteiger partial charge in [0.05, 0.1) is 4.90 Å². The van der Waals surface area contributed by atoms with Gasteiger partial charge >= 0.3 is 0 Å². The molecular weight excluding hydrogens is 428 g/mol. The molecule has 2 aromatic rings. The van der Waals surface area contributed by atoms with Crippen LogP contribution in [0.1, 0.15) is 24.8 Å². The third-order valence-electron chi connectivity index (χ3n) is 5.05. The fourth-order valence-corrected chi connectivity index (χ4v) is 5.63. The van der Waals surface area contributed by atoms with E-state index in [2.05, 4.69) is 29.6 Å². The van der Waals surface area contributed by atoms with Crippen LogP contribution in [-0.4, -0.2) is 44.0 Å². The molecule has 0 bridgehead atoms. The zero-order chi connectivity index (χ0) is 20.9. The minimum atomic E-state index is -3.75. The molecule has 1 atom stereocenters. The van der Waals surface area contributed by atoms with Gasteiger partial charge in [0.1, 0.15) is 6.04 Å². The third kappa shape index (κ3) is 5.54. The Bertz CT molecular complexity index is 931. The lowest BCUT2D eigenvalue weighted by atomic mass is 10.0. The largest absolute Gasteiger partial charge is 0.354 e. The number of amides is 1. The number of rotatable bonds is 7. The van der Waals surface area contributed by atoms with Gasteiger partial charge in [0.25, 0.3) is 0 Å². The van der Waals surface area contributed by atoms with Crippen molar-refractivity contribution in [1.82, 2.24) is 9.62 Å². The molecule has 8 heteroatoms. The molecule has 156 valence electrons. The van der Waals surface area contributed by atoms with Crippen molar-refractivity contribution < 1.29 is 13.2 Å². The maximum atomic E-state index is 13.1. The van der Waals surface area contributed by atoms with Crippen LogP contribution in [0.3, 0.4) is 0 Å². The van der Waals surface area contributed by atoms with Crippen LogP contribution >= 0.6 is 23.4 Å². The average Bonchev–Trinajstić information content (AvgIpc) is 2.74. The monoisotopic (exact) mass is 452 g/mol. The van der Waals surface area contributed by atoms with Crippen LogP contribution in [0.25, 0.3) is 0 Å². The van der Waals surface area contributed by atoms with E-state index >= 15 is 0 Å². The predicted octanol–water partition coefficient (Wildman–Crippen LogP) is 3.96. The van der Waals surface area contributed by atoms with Crippen molar-refractivity contribution in [2.24, 2.45) is 0 Å². The Morgan fingerprint density at radius 3 is 2.48 bits per heavy atom. The number of carbonyl (C=O) groups excluding carboxylic acids is 1. The van der Waals surface area contributed by atoms with Crippen LogP contribution in [-0.2, 0) is 21.2 Å². The lowest BCUT2D eigenvalue weighted by Crippen LogP contribution is -2.52. The summed E-state index contributed by atoms with van der Waals surface area (Å²) in [7, 11) is -3.75. The Hall–Kier alpha value is -1.54. The van der Waals surface area contributed by atoms with Crippen molar-refractivity contribution in [3.8, 4) is 0 Å². The molecule has 0 aliphatic carbocycles. The average molecular weight is 453 g/mol. The highest BCUT2D eigenvalue weighted by molar-refractivity contribution is 7.98. The zero-order valence-corrected chi connectivity index (χ0v) is 18.7. The van der Waals surface area contributed by atoms with Crippen LogP contribution in [0.4, 0.5) is 0 Å². The van der Waals surface area contributed by atoms with Gasteiger partial charge in [0.2, 0.25) is 15.9 Å². The van der Waals surface area contributed by atoms with Crippen molar-refractivity contribution >= 4 is 39.3 Å². The van der Waals surface area contributed by atoms with Gasteiger partial charge in [-0.1, -0.05) is 30.2 Å². The van der Waals surface area contributed by atoms with E-state index in [-0.39, 0.29) is 10.8 Å². The van der Waals surface area contributed by atoms with Gasteiger partial charge in [-0.15, -0.1) is 11.8 Å². The van der Waals surface area contributed by atoms with Crippen LogP contribution in [0.2, 0.25) is 5.02 Å². The molecule has 1 unspecified atom stereocenters. The molecule has 1 heterocycles. The molecule has 29 heavy (non-hydrogen) atoms. The van der Waals surface area contributed by atoms with E-state index in [1.165, 1.54) is 21.3 Å². The topological polar surface area (TPSA) is 66.5 Å². The van der Waals surface area contributed by atoms with Crippen LogP contribution in [0.5, 0.6) is 0 Å². The summed E-state index contributed by atoms with van der Waals surface area (Å²) < 4.78 is 27.5. The number of sulfonamides is 1. The number of thioether (sulfide) groups is 1. The molecule has 5 nitrogen and oxygen atoms in total. The minimum Gasteiger partial charge on any atom is -0.354 e. The van der Waals surface area contributed by atoms with Gasteiger partial charge in [-0.3, -0.25) is 4.79 Å². The second-order valence-corrected chi connectivity index (χ2v) is 10.2. The Morgan fingerprint density at radius 2 is 1.83 bits per heavy atom. The molecule has 1 N–H and O–H groups in total. The molecule has 3 rings (SSSR count). The number of nitrogens with one attached hydrogen (secondary N) is 1. The molecular formula is C21H25ClN2O3S2. The summed E-state index contributed by atoms with van der Waals surface area (Å²) >= 11 is 7.56. The zero-order valence-electron chi connectivity index (χ0n) is 16.3. The molecule has 0 spiro atoms. The normalized spacial score (nSPS) is 17.8. The van der Waals surface area contributed by atoms with Crippen LogP contribution in [0.15, 0.2) is 58.3 Å². The summed E-state index contributed by atoms with van der Waals surface area (Å²) in [5, 5.41) is 3.40. The maximum absolute atomic E-state index is 13.1. The minimum absolute atomic E-state index is 0.162. The summed E-state index contributed by atoms with van der Waals surface area (Å²) in [6, 6.07) is 13.6. The van der Waals surface area contributed by atoms with Crippen molar-refractivity contribution in [3.63, 3.8) is 0 Å². The number of hydrogen-bond acceptors (Lipinski definition) is 4. The van der Waals surface area contributed by atoms with Crippen molar-refractivity contribution in [3.05, 3.63) is 59.1 Å². The first-order chi connectivity index (χ1) is 13.9. The first-order valence-corrected chi connectivity index (χ1v) is 12.6. The smallest absolute Gasteiger partial charge is 0.243 e. The van der Waals surface area contributed by atoms with Gasteiger partial charge in [-0.25, -0.2) is 8.42 Å². The highest BCUT2D eigenvalue weighted by Crippen LogP contribution is 2.26. The fourth-order valence-electron chi connectivity index (χ4n) is 3.44. The van der Waals surface area contributed by atoms with Crippen LogP contribution in [0, 0.1) is 0 Å². The second-order valence-electron chi connectivity index (χ2n) is 6.97. The van der Waals surface area contributed by atoms with Crippen LogP contribution < -0.4 is 5.32 Å². The number of piperidine rings is 1. The van der Waals surface area contributed by atoms with Gasteiger partial charge in [0.15, 0.2) is 0 Å². The molecule has 1 amide bonds. The second kappa shape index (κ2) is 9.98. The highest BCUT2D eigenvalue weighted by atomic mass is 35.5. The Labute approximate surface area is 181 Å². The summed E-state index contributed by atoms with van der Waals surface area (Å²) in [6.45, 7) is 0.821. The van der Waals surface area contributed by atoms with Gasteiger partial charge < -0.3 is 5.32 Å². The highest BCUT2D eigenvalue weighted by Gasteiger charge is 2.37. The van der Waals surface area contributed by atoms with E-state index in [1.54, 1.807) is 23.9 Å². The van der Waals surface area contributed by atoms with E-state index < -0.39 is 16.1 Å². The molecule has 1 fully saturated rings. The fraction of sp³-hybridized carbons (Fsp3) is 0.381. The Kier molecular flexibility index (Phi) is 7.62. The summed E-state index contributed by atoms with van der Waals surface area (Å²) in [5.41, 5.74) is 1.14. The number of halogens is 1. The maximum Gasteiger partial charge on any atom is 0.243 e. The lowest BCUT2D eigenvalue weighted by molar-refractivity contribution is -0.125. The molecule has 0 aromatic heterocycles. The number of hydrogen-bond donors (Lipinski definition) is 1. The van der Waals surface area contributed by atoms with Crippen molar-refractivity contribution in [1.29, 1.82) is 0 Å². The Morgan fingerprint density at radius 1 is 1.14 bits per heavy atom. The summed E-state index contributed by atoms with van der Waals surface area (Å²) in [6.07, 6.45) is 4.85. The molecule has 1 saturated heterocycles. The van der Waals surface area contributed by atoms with E-state index in [0.717, 1.165) is 18.4 Å². The van der Waals surface area contributed by atoms with Gasteiger partial charge in [-0.2, -0.15) is 4.31 Å². The lowest BCUT2D eigenvalue weighted by Gasteiger charge is -2.33. The number of nitrogens with zero attached hydrogens (tertiary/aromatic N) is 1. The van der Waals surface area contributed by atoms with Crippen molar-refractivity contribution in [2.75, 3.05) is 19.3 Å². The quantitative estimate of drug-likeness (QED) is 0.645. The predicted molar refractivity (Wildman–Crippen MR) is 118 cm³/mol. The third-order valence-corrected chi connectivity index (χ3v) is 7.97. The Balaban J connectivity index is 1.65. The van der Waals surface area contributed by atoms with E-state index in [9.17, 15) is 13.2 Å². The molecule has 1 aliphatic heterocycles. The SMILES string of the molecule is CSc1ccc(CCNC(=O)C2CCCCN2S(=O)(=O)c2ccc(Cl)cc2)cc1. The van der Waals surface area contributed by atoms with Gasteiger partial charge in [-0.05, 0) is 67.5 Å². The first kappa shape index (κ1) is 22.2. The van der Waals surface area contributed by atoms with E-state index in [0.29, 0.717) is 31.0 Å². The summed E-state index contributed by atoms with van der Waals surface area (Å²) in [5.74, 6) is -0.233. The molecule has 0 saturated carbocycles. The molecule has 1 aliphatic rings. The molecule has 0 radical (unpaired) electrons. The number of carbonyl (C=O) groups is 1. The van der Waals surface area contributed by atoms with E-state index in [4.69, 9.17) is 11.6 Å².